The third-order valence-corrected chi connectivity index (χ3v) is 5.87. The maximum atomic E-state index is 6.01. The summed E-state index contributed by atoms with van der Waals surface area (Å²) in [7, 11) is 3.78. The van der Waals surface area contributed by atoms with E-state index >= 15 is 0 Å². The van der Waals surface area contributed by atoms with Gasteiger partial charge in [-0.3, -0.25) is 9.67 Å². The fraction of sp³-hybridized carbons (Fsp3) is 0.609. The van der Waals surface area contributed by atoms with E-state index in [1.54, 1.807) is 7.05 Å². The lowest BCUT2D eigenvalue weighted by Crippen LogP contribution is -2.42. The first-order valence-corrected chi connectivity index (χ1v) is 11.0. The Morgan fingerprint density at radius 2 is 2.03 bits per heavy atom. The van der Waals surface area contributed by atoms with Crippen LogP contribution >= 0.6 is 0 Å². The monoisotopic (exact) mass is 412 g/mol. The molecule has 1 fully saturated rings. The van der Waals surface area contributed by atoms with E-state index in [4.69, 9.17) is 4.74 Å². The highest BCUT2D eigenvalue weighted by atomic mass is 16.5. The van der Waals surface area contributed by atoms with Gasteiger partial charge in [-0.05, 0) is 64.0 Å². The average molecular weight is 413 g/mol. The van der Waals surface area contributed by atoms with Crippen molar-refractivity contribution in [3.63, 3.8) is 0 Å². The van der Waals surface area contributed by atoms with Crippen LogP contribution in [0.1, 0.15) is 61.5 Å². The van der Waals surface area contributed by atoms with Crippen LogP contribution in [0, 0.1) is 13.8 Å². The van der Waals surface area contributed by atoms with E-state index in [2.05, 4.69) is 52.5 Å². The molecule has 1 aliphatic carbocycles. The van der Waals surface area contributed by atoms with Crippen molar-refractivity contribution in [1.82, 2.24) is 25.4 Å². The van der Waals surface area contributed by atoms with Crippen LogP contribution in [0.2, 0.25) is 0 Å². The molecule has 1 atom stereocenters. The Morgan fingerprint density at radius 3 is 2.63 bits per heavy atom. The number of aryl methyl sites for hydroxylation is 2. The molecule has 2 aromatic heterocycles. The standard InChI is InChI=1S/C23H36N6O/c1-16(13-21-17(2)28-29(5)18(21)3)27-23(24-4)26-15-19-11-12-22(25-14-19)30-20-9-7-6-8-10-20/h11-12,14,16,20H,6-10,13,15H2,1-5H3,(H2,24,26,27). The molecule has 7 heteroatoms. The fourth-order valence-corrected chi connectivity index (χ4v) is 4.02. The second-order valence-electron chi connectivity index (χ2n) is 8.33. The molecule has 2 aromatic rings. The van der Waals surface area contributed by atoms with Gasteiger partial charge in [-0.15, -0.1) is 0 Å². The molecule has 2 heterocycles. The van der Waals surface area contributed by atoms with Gasteiger partial charge in [0.2, 0.25) is 5.88 Å². The van der Waals surface area contributed by atoms with Crippen molar-refractivity contribution in [2.24, 2.45) is 12.0 Å². The van der Waals surface area contributed by atoms with Crippen molar-refractivity contribution in [2.45, 2.75) is 78.0 Å². The molecular weight excluding hydrogens is 376 g/mol. The summed E-state index contributed by atoms with van der Waals surface area (Å²) in [5, 5.41) is 11.4. The fourth-order valence-electron chi connectivity index (χ4n) is 4.02. The van der Waals surface area contributed by atoms with Crippen molar-refractivity contribution in [2.75, 3.05) is 7.05 Å². The SMILES string of the molecule is CN=C(NCc1ccc(OC2CCCCC2)nc1)NC(C)Cc1c(C)nn(C)c1C. The molecule has 0 saturated heterocycles. The third kappa shape index (κ3) is 5.97. The number of hydrogen-bond acceptors (Lipinski definition) is 4. The number of aliphatic imine (C=N–C) groups is 1. The van der Waals surface area contributed by atoms with Crippen LogP contribution in [0.4, 0.5) is 0 Å². The molecule has 1 unspecified atom stereocenters. The summed E-state index contributed by atoms with van der Waals surface area (Å²) in [6, 6.07) is 4.28. The van der Waals surface area contributed by atoms with Crippen molar-refractivity contribution in [1.29, 1.82) is 0 Å². The molecular formula is C23H36N6O. The van der Waals surface area contributed by atoms with Crippen LogP contribution in [-0.4, -0.2) is 39.9 Å². The van der Waals surface area contributed by atoms with Gasteiger partial charge < -0.3 is 15.4 Å². The molecule has 3 rings (SSSR count). The van der Waals surface area contributed by atoms with Crippen molar-refractivity contribution in [3.05, 3.63) is 40.8 Å². The average Bonchev–Trinajstić information content (AvgIpc) is 2.99. The Hall–Kier alpha value is -2.57. The van der Waals surface area contributed by atoms with Crippen molar-refractivity contribution >= 4 is 5.96 Å². The van der Waals surface area contributed by atoms with Gasteiger partial charge in [0.25, 0.3) is 0 Å². The van der Waals surface area contributed by atoms with Crippen LogP contribution in [-0.2, 0) is 20.0 Å². The van der Waals surface area contributed by atoms with Gasteiger partial charge in [-0.25, -0.2) is 4.98 Å². The molecule has 7 nitrogen and oxygen atoms in total. The minimum atomic E-state index is 0.238. The number of pyridine rings is 1. The molecule has 164 valence electrons. The van der Waals surface area contributed by atoms with E-state index in [1.807, 2.05) is 24.0 Å². The summed E-state index contributed by atoms with van der Waals surface area (Å²) in [5.74, 6) is 1.51. The van der Waals surface area contributed by atoms with Gasteiger partial charge >= 0.3 is 0 Å². The topological polar surface area (TPSA) is 76.4 Å². The second-order valence-corrected chi connectivity index (χ2v) is 8.33. The summed E-state index contributed by atoms with van der Waals surface area (Å²) in [5.41, 5.74) is 4.70. The highest BCUT2D eigenvalue weighted by Crippen LogP contribution is 2.22. The molecule has 0 aliphatic heterocycles. The molecule has 0 radical (unpaired) electrons. The zero-order valence-electron chi connectivity index (χ0n) is 19.0. The first kappa shape index (κ1) is 22.1. The van der Waals surface area contributed by atoms with Crippen molar-refractivity contribution < 1.29 is 4.74 Å². The second kappa shape index (κ2) is 10.5. The molecule has 1 saturated carbocycles. The van der Waals surface area contributed by atoms with Crippen LogP contribution in [0.5, 0.6) is 5.88 Å². The van der Waals surface area contributed by atoms with Crippen LogP contribution in [0.25, 0.3) is 0 Å². The van der Waals surface area contributed by atoms with Crippen molar-refractivity contribution in [3.8, 4) is 5.88 Å². The van der Waals surface area contributed by atoms with Crippen LogP contribution in [0.3, 0.4) is 0 Å². The van der Waals surface area contributed by atoms with Gasteiger partial charge in [0.1, 0.15) is 6.10 Å². The lowest BCUT2D eigenvalue weighted by atomic mass is 9.98. The number of guanidine groups is 1. The predicted octanol–water partition coefficient (Wildman–Crippen LogP) is 3.44. The van der Waals surface area contributed by atoms with Gasteiger partial charge in [-0.1, -0.05) is 12.5 Å². The molecule has 0 aromatic carbocycles. The molecule has 0 bridgehead atoms. The Balaban J connectivity index is 1.47. The van der Waals surface area contributed by atoms with E-state index < -0.39 is 0 Å². The van der Waals surface area contributed by atoms with Crippen LogP contribution in [0.15, 0.2) is 23.3 Å². The maximum absolute atomic E-state index is 6.01. The van der Waals surface area contributed by atoms with Gasteiger partial charge in [0.05, 0.1) is 5.69 Å². The number of rotatable bonds is 7. The first-order valence-electron chi connectivity index (χ1n) is 11.0. The lowest BCUT2D eigenvalue weighted by Gasteiger charge is -2.22. The molecule has 30 heavy (non-hydrogen) atoms. The van der Waals surface area contributed by atoms with E-state index in [9.17, 15) is 0 Å². The normalized spacial score (nSPS) is 16.4. The summed E-state index contributed by atoms with van der Waals surface area (Å²) < 4.78 is 7.96. The zero-order valence-corrected chi connectivity index (χ0v) is 19.0. The Kier molecular flexibility index (Phi) is 7.71. The molecule has 0 amide bonds. The van der Waals surface area contributed by atoms with Crippen LogP contribution < -0.4 is 15.4 Å². The van der Waals surface area contributed by atoms with E-state index in [0.29, 0.717) is 12.6 Å². The summed E-state index contributed by atoms with van der Waals surface area (Å²) in [6.07, 6.45) is 9.24. The Bertz CT molecular complexity index is 836. The highest BCUT2D eigenvalue weighted by Gasteiger charge is 2.16. The smallest absolute Gasteiger partial charge is 0.213 e. The van der Waals surface area contributed by atoms with Gasteiger partial charge in [0.15, 0.2) is 5.96 Å². The largest absolute Gasteiger partial charge is 0.474 e. The summed E-state index contributed by atoms with van der Waals surface area (Å²) in [6.45, 7) is 7.01. The van der Waals surface area contributed by atoms with Gasteiger partial charge in [0, 0.05) is 44.6 Å². The minimum absolute atomic E-state index is 0.238. The molecule has 0 spiro atoms. The number of ether oxygens (including phenoxy) is 1. The minimum Gasteiger partial charge on any atom is -0.474 e. The highest BCUT2D eigenvalue weighted by molar-refractivity contribution is 5.79. The number of hydrogen-bond donors (Lipinski definition) is 2. The van der Waals surface area contributed by atoms with Gasteiger partial charge in [-0.2, -0.15) is 5.10 Å². The molecule has 2 N–H and O–H groups in total. The van der Waals surface area contributed by atoms with E-state index in [0.717, 1.165) is 42.4 Å². The third-order valence-electron chi connectivity index (χ3n) is 5.87. The summed E-state index contributed by atoms with van der Waals surface area (Å²) in [4.78, 5) is 8.84. The van der Waals surface area contributed by atoms with E-state index in [-0.39, 0.29) is 6.04 Å². The number of aromatic nitrogens is 3. The van der Waals surface area contributed by atoms with E-state index in [1.165, 1.54) is 30.5 Å². The zero-order chi connectivity index (χ0) is 21.5. The number of nitrogens with zero attached hydrogens (tertiary/aromatic N) is 4. The quantitative estimate of drug-likeness (QED) is 0.538. The Morgan fingerprint density at radius 1 is 1.27 bits per heavy atom. The maximum Gasteiger partial charge on any atom is 0.213 e. The Labute approximate surface area is 180 Å². The first-order chi connectivity index (χ1) is 14.5. The lowest BCUT2D eigenvalue weighted by molar-refractivity contribution is 0.148. The number of nitrogens with one attached hydrogen (secondary N) is 2. The predicted molar refractivity (Wildman–Crippen MR) is 121 cm³/mol. The molecule has 1 aliphatic rings. The summed E-state index contributed by atoms with van der Waals surface area (Å²) >= 11 is 0.